The van der Waals surface area contributed by atoms with E-state index >= 15 is 0 Å². The summed E-state index contributed by atoms with van der Waals surface area (Å²) >= 11 is 0. The summed E-state index contributed by atoms with van der Waals surface area (Å²) in [7, 11) is -4.19. The third-order valence-electron chi connectivity index (χ3n) is 3.44. The fourth-order valence-electron chi connectivity index (χ4n) is 2.15. The van der Waals surface area contributed by atoms with E-state index in [9.17, 15) is 13.0 Å². The molecular weight excluding hydrogens is 278 g/mol. The average molecular weight is 291 g/mol. The predicted octanol–water partition coefficient (Wildman–Crippen LogP) is 2.56. The number of aromatic nitrogens is 1. The minimum Gasteiger partial charge on any atom is -0.436 e. The molecule has 0 fully saturated rings. The molecule has 20 heavy (non-hydrogen) atoms. The fraction of sp³-hybridized carbons (Fsp3) is 0.214. The predicted molar refractivity (Wildman–Crippen MR) is 74.6 cm³/mol. The van der Waals surface area contributed by atoms with Crippen molar-refractivity contribution in [2.45, 2.75) is 18.1 Å². The summed E-state index contributed by atoms with van der Waals surface area (Å²) in [6.45, 7) is 1.46. The zero-order chi connectivity index (χ0) is 14.4. The van der Waals surface area contributed by atoms with Gasteiger partial charge in [0.05, 0.1) is 5.69 Å². The van der Waals surface area contributed by atoms with Crippen LogP contribution in [0.2, 0.25) is 0 Å². The van der Waals surface area contributed by atoms with Gasteiger partial charge in [0.15, 0.2) is 5.76 Å². The molecule has 1 aliphatic rings. The zero-order valence-electron chi connectivity index (χ0n) is 10.8. The molecule has 0 aliphatic heterocycles. The molecule has 0 radical (unpaired) electrons. The molecule has 6 heteroatoms. The largest absolute Gasteiger partial charge is 0.436 e. The second-order valence-electron chi connectivity index (χ2n) is 4.99. The van der Waals surface area contributed by atoms with Gasteiger partial charge in [0.2, 0.25) is 5.89 Å². The van der Waals surface area contributed by atoms with Gasteiger partial charge in [0, 0.05) is 12.0 Å². The number of oxazole rings is 1. The number of rotatable bonds is 2. The van der Waals surface area contributed by atoms with Gasteiger partial charge in [-0.3, -0.25) is 4.55 Å². The molecule has 0 spiro atoms. The number of fused-ring (bicyclic) bond motifs is 1. The van der Waals surface area contributed by atoms with Gasteiger partial charge in [-0.05, 0) is 25.1 Å². The maximum absolute atomic E-state index is 11.4. The molecule has 2 aromatic rings. The summed E-state index contributed by atoms with van der Waals surface area (Å²) in [4.78, 5) is 4.34. The van der Waals surface area contributed by atoms with Gasteiger partial charge in [0.25, 0.3) is 10.1 Å². The first kappa shape index (κ1) is 13.1. The monoisotopic (exact) mass is 291 g/mol. The molecule has 0 bridgehead atoms. The van der Waals surface area contributed by atoms with Crippen LogP contribution in [0.15, 0.2) is 40.8 Å². The van der Waals surface area contributed by atoms with E-state index in [1.54, 1.807) is 6.08 Å². The van der Waals surface area contributed by atoms with Crippen molar-refractivity contribution < 1.29 is 17.4 Å². The van der Waals surface area contributed by atoms with Crippen LogP contribution in [0.25, 0.3) is 17.5 Å². The summed E-state index contributed by atoms with van der Waals surface area (Å²) in [6, 6.07) is 9.36. The Kier molecular flexibility index (Phi) is 2.81. The van der Waals surface area contributed by atoms with E-state index in [-0.39, 0.29) is 6.42 Å². The normalized spacial score (nSPS) is 21.7. The molecule has 0 saturated carbocycles. The van der Waals surface area contributed by atoms with E-state index in [1.165, 1.54) is 13.0 Å². The molecule has 0 saturated heterocycles. The van der Waals surface area contributed by atoms with E-state index in [4.69, 9.17) is 4.42 Å². The number of hydrogen-bond acceptors (Lipinski definition) is 4. The average Bonchev–Trinajstić information content (AvgIpc) is 2.81. The molecule has 1 aliphatic carbocycles. The van der Waals surface area contributed by atoms with Gasteiger partial charge in [0.1, 0.15) is 4.75 Å². The summed E-state index contributed by atoms with van der Waals surface area (Å²) in [5, 5.41) is 0. The highest BCUT2D eigenvalue weighted by molar-refractivity contribution is 7.87. The van der Waals surface area contributed by atoms with E-state index < -0.39 is 14.9 Å². The second kappa shape index (κ2) is 4.29. The molecule has 1 unspecified atom stereocenters. The zero-order valence-corrected chi connectivity index (χ0v) is 11.6. The highest BCUT2D eigenvalue weighted by atomic mass is 32.2. The molecule has 104 valence electrons. The molecule has 1 atom stereocenters. The Morgan fingerprint density at radius 2 is 2.00 bits per heavy atom. The molecule has 3 rings (SSSR count). The summed E-state index contributed by atoms with van der Waals surface area (Å²) in [5.74, 6) is 0.977. The lowest BCUT2D eigenvalue weighted by Crippen LogP contribution is -2.36. The molecular formula is C14H13NO4S. The van der Waals surface area contributed by atoms with Crippen LogP contribution in [0.4, 0.5) is 0 Å². The van der Waals surface area contributed by atoms with Crippen LogP contribution in [0.3, 0.4) is 0 Å². The van der Waals surface area contributed by atoms with Gasteiger partial charge in [-0.2, -0.15) is 8.42 Å². The molecule has 1 N–H and O–H groups in total. The lowest BCUT2D eigenvalue weighted by molar-refractivity contribution is 0.449. The van der Waals surface area contributed by atoms with Crippen LogP contribution in [0.5, 0.6) is 0 Å². The minimum atomic E-state index is -4.19. The van der Waals surface area contributed by atoms with Crippen molar-refractivity contribution in [3.05, 3.63) is 47.9 Å². The van der Waals surface area contributed by atoms with Crippen LogP contribution >= 0.6 is 0 Å². The SMILES string of the molecule is CC1(S(=O)(=O)O)C=Cc2oc(-c3ccccc3)nc2C1. The molecule has 1 aromatic heterocycles. The van der Waals surface area contributed by atoms with Crippen molar-refractivity contribution >= 4 is 16.2 Å². The van der Waals surface area contributed by atoms with Crippen LogP contribution in [0.1, 0.15) is 18.4 Å². The van der Waals surface area contributed by atoms with Crippen molar-refractivity contribution in [3.8, 4) is 11.5 Å². The molecule has 0 amide bonds. The van der Waals surface area contributed by atoms with Crippen molar-refractivity contribution in [1.82, 2.24) is 4.98 Å². The fourth-order valence-corrected chi connectivity index (χ4v) is 2.70. The minimum absolute atomic E-state index is 0.0913. The van der Waals surface area contributed by atoms with Gasteiger partial charge < -0.3 is 4.42 Å². The third kappa shape index (κ3) is 2.07. The summed E-state index contributed by atoms with van der Waals surface area (Å²) in [6.07, 6.45) is 3.07. The van der Waals surface area contributed by atoms with Gasteiger partial charge >= 0.3 is 0 Å². The Morgan fingerprint density at radius 3 is 2.65 bits per heavy atom. The Hall–Kier alpha value is -1.92. The highest BCUT2D eigenvalue weighted by Crippen LogP contribution is 2.33. The number of benzene rings is 1. The van der Waals surface area contributed by atoms with Crippen molar-refractivity contribution in [2.24, 2.45) is 0 Å². The Bertz CT molecular complexity index is 777. The molecule has 1 heterocycles. The van der Waals surface area contributed by atoms with Gasteiger partial charge in [-0.1, -0.05) is 24.3 Å². The summed E-state index contributed by atoms with van der Waals surface area (Å²) in [5.41, 5.74) is 1.36. The first-order valence-corrected chi connectivity index (χ1v) is 7.54. The maximum atomic E-state index is 11.4. The first-order chi connectivity index (χ1) is 9.39. The first-order valence-electron chi connectivity index (χ1n) is 6.10. The maximum Gasteiger partial charge on any atom is 0.274 e. The lowest BCUT2D eigenvalue weighted by Gasteiger charge is -2.23. The van der Waals surface area contributed by atoms with Crippen LogP contribution in [0, 0.1) is 0 Å². The van der Waals surface area contributed by atoms with Gasteiger partial charge in [-0.15, -0.1) is 0 Å². The number of hydrogen-bond donors (Lipinski definition) is 1. The van der Waals surface area contributed by atoms with Crippen molar-refractivity contribution in [1.29, 1.82) is 0 Å². The standard InChI is InChI=1S/C14H13NO4S/c1-14(20(16,17)18)8-7-12-11(9-14)15-13(19-12)10-5-3-2-4-6-10/h2-8H,9H2,1H3,(H,16,17,18). The lowest BCUT2D eigenvalue weighted by atomic mass is 9.98. The van der Waals surface area contributed by atoms with E-state index in [0.29, 0.717) is 17.3 Å². The summed E-state index contributed by atoms with van der Waals surface area (Å²) < 4.78 is 36.5. The Balaban J connectivity index is 2.02. The number of nitrogens with zero attached hydrogens (tertiary/aromatic N) is 1. The van der Waals surface area contributed by atoms with Crippen molar-refractivity contribution in [2.75, 3.05) is 0 Å². The van der Waals surface area contributed by atoms with Crippen LogP contribution < -0.4 is 0 Å². The van der Waals surface area contributed by atoms with Crippen LogP contribution in [-0.2, 0) is 16.5 Å². The van der Waals surface area contributed by atoms with Crippen LogP contribution in [-0.4, -0.2) is 22.7 Å². The highest BCUT2D eigenvalue weighted by Gasteiger charge is 2.40. The molecule has 5 nitrogen and oxygen atoms in total. The quantitative estimate of drug-likeness (QED) is 0.860. The smallest absolute Gasteiger partial charge is 0.274 e. The Morgan fingerprint density at radius 1 is 1.30 bits per heavy atom. The van der Waals surface area contributed by atoms with E-state index in [1.807, 2.05) is 30.3 Å². The van der Waals surface area contributed by atoms with Gasteiger partial charge in [-0.25, -0.2) is 4.98 Å². The second-order valence-corrected chi connectivity index (χ2v) is 6.88. The van der Waals surface area contributed by atoms with E-state index in [0.717, 1.165) is 5.56 Å². The van der Waals surface area contributed by atoms with E-state index in [2.05, 4.69) is 4.98 Å². The van der Waals surface area contributed by atoms with Crippen molar-refractivity contribution in [3.63, 3.8) is 0 Å². The third-order valence-corrected chi connectivity index (χ3v) is 4.90. The molecule has 1 aromatic carbocycles. The topological polar surface area (TPSA) is 80.4 Å². The Labute approximate surface area is 116 Å².